The van der Waals surface area contributed by atoms with Crippen molar-refractivity contribution in [3.05, 3.63) is 18.9 Å². The molecular formula is C7H6N4S. The highest BCUT2D eigenvalue weighted by molar-refractivity contribution is 7.98. The number of thioether (sulfide) groups is 1. The maximum Gasteiger partial charge on any atom is 0.166 e. The van der Waals surface area contributed by atoms with E-state index in [1.165, 1.54) is 12.7 Å². The topological polar surface area (TPSA) is 51.6 Å². The van der Waals surface area contributed by atoms with Crippen molar-refractivity contribution in [1.29, 1.82) is 0 Å². The summed E-state index contributed by atoms with van der Waals surface area (Å²) < 4.78 is 0. The first-order chi connectivity index (χ1) is 5.92. The molecule has 0 bridgehead atoms. The van der Waals surface area contributed by atoms with Gasteiger partial charge in [0.2, 0.25) is 0 Å². The zero-order valence-electron chi connectivity index (χ0n) is 6.43. The first-order valence-electron chi connectivity index (χ1n) is 3.36. The largest absolute Gasteiger partial charge is 0.244 e. The predicted octanol–water partition coefficient (Wildman–Crippen LogP) is 1.14. The molecule has 2 aromatic heterocycles. The molecule has 5 heteroatoms. The number of rotatable bonds is 1. The smallest absolute Gasteiger partial charge is 0.166 e. The molecular weight excluding hydrogens is 172 g/mol. The summed E-state index contributed by atoms with van der Waals surface area (Å²) in [6, 6.07) is 0. The average molecular weight is 178 g/mol. The van der Waals surface area contributed by atoms with Crippen molar-refractivity contribution >= 4 is 22.8 Å². The van der Waals surface area contributed by atoms with E-state index in [1.807, 2.05) is 6.26 Å². The molecule has 2 heterocycles. The van der Waals surface area contributed by atoms with E-state index in [0.29, 0.717) is 5.65 Å². The highest BCUT2D eigenvalue weighted by Crippen LogP contribution is 2.18. The lowest BCUT2D eigenvalue weighted by Crippen LogP contribution is -1.89. The lowest BCUT2D eigenvalue weighted by Gasteiger charge is -1.98. The van der Waals surface area contributed by atoms with Gasteiger partial charge in [0.05, 0.1) is 5.39 Å². The quantitative estimate of drug-likeness (QED) is 0.484. The Labute approximate surface area is 73.5 Å². The van der Waals surface area contributed by atoms with Gasteiger partial charge in [0.15, 0.2) is 5.65 Å². The number of hydrogen-bond acceptors (Lipinski definition) is 5. The summed E-state index contributed by atoms with van der Waals surface area (Å²) in [5.41, 5.74) is 0.698. The van der Waals surface area contributed by atoms with Crippen molar-refractivity contribution < 1.29 is 0 Å². The van der Waals surface area contributed by atoms with Crippen LogP contribution in [0.2, 0.25) is 0 Å². The summed E-state index contributed by atoms with van der Waals surface area (Å²) in [6.45, 7) is 0. The normalized spacial score (nSPS) is 10.4. The van der Waals surface area contributed by atoms with Gasteiger partial charge in [0, 0.05) is 6.20 Å². The molecule has 12 heavy (non-hydrogen) atoms. The van der Waals surface area contributed by atoms with Gasteiger partial charge in [-0.3, -0.25) is 0 Å². The van der Waals surface area contributed by atoms with E-state index in [4.69, 9.17) is 0 Å². The molecule has 2 aromatic rings. The molecule has 0 aliphatic rings. The van der Waals surface area contributed by atoms with Crippen molar-refractivity contribution in [3.63, 3.8) is 0 Å². The molecule has 0 radical (unpaired) electrons. The van der Waals surface area contributed by atoms with Gasteiger partial charge >= 0.3 is 0 Å². The monoisotopic (exact) mass is 178 g/mol. The highest BCUT2D eigenvalue weighted by atomic mass is 32.2. The predicted molar refractivity (Wildman–Crippen MR) is 46.9 cm³/mol. The first-order valence-corrected chi connectivity index (χ1v) is 4.59. The van der Waals surface area contributed by atoms with Crippen LogP contribution in [-0.2, 0) is 0 Å². The zero-order valence-corrected chi connectivity index (χ0v) is 7.25. The minimum absolute atomic E-state index is 0.698. The Bertz CT molecular complexity index is 398. The van der Waals surface area contributed by atoms with Crippen molar-refractivity contribution in [2.24, 2.45) is 0 Å². The van der Waals surface area contributed by atoms with Gasteiger partial charge in [0.25, 0.3) is 0 Å². The molecule has 0 N–H and O–H groups in total. The molecule has 0 aliphatic heterocycles. The molecule has 0 saturated heterocycles. The maximum atomic E-state index is 4.10. The zero-order chi connectivity index (χ0) is 8.39. The Hall–Kier alpha value is -1.23. The van der Waals surface area contributed by atoms with Crippen LogP contribution in [0.4, 0.5) is 0 Å². The van der Waals surface area contributed by atoms with Crippen LogP contribution < -0.4 is 0 Å². The van der Waals surface area contributed by atoms with Crippen molar-refractivity contribution in [1.82, 2.24) is 19.9 Å². The van der Waals surface area contributed by atoms with Crippen molar-refractivity contribution in [3.8, 4) is 0 Å². The minimum atomic E-state index is 0.698. The van der Waals surface area contributed by atoms with E-state index in [2.05, 4.69) is 19.9 Å². The Balaban J connectivity index is 2.79. The fourth-order valence-electron chi connectivity index (χ4n) is 0.945. The van der Waals surface area contributed by atoms with Crippen LogP contribution in [0.3, 0.4) is 0 Å². The van der Waals surface area contributed by atoms with Gasteiger partial charge in [-0.25, -0.2) is 19.9 Å². The Morgan fingerprint density at radius 1 is 1.17 bits per heavy atom. The number of aromatic nitrogens is 4. The summed E-state index contributed by atoms with van der Waals surface area (Å²) in [6.07, 6.45) is 6.70. The highest BCUT2D eigenvalue weighted by Gasteiger charge is 2.01. The van der Waals surface area contributed by atoms with Crippen LogP contribution in [0.25, 0.3) is 11.0 Å². The lowest BCUT2D eigenvalue weighted by molar-refractivity contribution is 1.06. The molecule has 0 saturated carbocycles. The Morgan fingerprint density at radius 2 is 2.00 bits per heavy atom. The van der Waals surface area contributed by atoms with E-state index in [1.54, 1.807) is 18.0 Å². The second kappa shape index (κ2) is 3.02. The van der Waals surface area contributed by atoms with E-state index in [-0.39, 0.29) is 0 Å². The number of hydrogen-bond donors (Lipinski definition) is 0. The van der Waals surface area contributed by atoms with Gasteiger partial charge in [-0.15, -0.1) is 11.8 Å². The van der Waals surface area contributed by atoms with Crippen molar-refractivity contribution in [2.75, 3.05) is 6.26 Å². The fourth-order valence-corrected chi connectivity index (χ4v) is 1.46. The van der Waals surface area contributed by atoms with E-state index in [0.717, 1.165) is 10.4 Å². The van der Waals surface area contributed by atoms with Crippen LogP contribution in [0, 0.1) is 0 Å². The third-order valence-corrected chi connectivity index (χ3v) is 2.18. The van der Waals surface area contributed by atoms with Crippen LogP contribution >= 0.6 is 11.8 Å². The van der Waals surface area contributed by atoms with Crippen molar-refractivity contribution in [2.45, 2.75) is 5.03 Å². The fraction of sp³-hybridized carbons (Fsp3) is 0.143. The van der Waals surface area contributed by atoms with Gasteiger partial charge in [-0.05, 0) is 6.26 Å². The van der Waals surface area contributed by atoms with Crippen LogP contribution in [0.15, 0.2) is 23.9 Å². The van der Waals surface area contributed by atoms with Crippen LogP contribution in [0.5, 0.6) is 0 Å². The molecule has 0 fully saturated rings. The lowest BCUT2D eigenvalue weighted by atomic mass is 10.4. The number of fused-ring (bicyclic) bond motifs is 1. The van der Waals surface area contributed by atoms with Crippen LogP contribution in [0.1, 0.15) is 0 Å². The third kappa shape index (κ3) is 1.12. The second-order valence-electron chi connectivity index (χ2n) is 2.14. The van der Waals surface area contributed by atoms with Crippen LogP contribution in [-0.4, -0.2) is 26.2 Å². The molecule has 60 valence electrons. The molecule has 0 spiro atoms. The van der Waals surface area contributed by atoms with Gasteiger partial charge < -0.3 is 0 Å². The molecule has 4 nitrogen and oxygen atoms in total. The Morgan fingerprint density at radius 3 is 2.83 bits per heavy atom. The van der Waals surface area contributed by atoms with Gasteiger partial charge in [-0.2, -0.15) is 0 Å². The first kappa shape index (κ1) is 7.42. The summed E-state index contributed by atoms with van der Waals surface area (Å²) >= 11 is 1.57. The molecule has 0 aliphatic carbocycles. The summed E-state index contributed by atoms with van der Waals surface area (Å²) in [7, 11) is 0. The summed E-state index contributed by atoms with van der Waals surface area (Å²) in [5, 5.41) is 1.83. The summed E-state index contributed by atoms with van der Waals surface area (Å²) in [5.74, 6) is 0. The van der Waals surface area contributed by atoms with Gasteiger partial charge in [-0.1, -0.05) is 0 Å². The minimum Gasteiger partial charge on any atom is -0.244 e. The second-order valence-corrected chi connectivity index (χ2v) is 2.94. The van der Waals surface area contributed by atoms with Gasteiger partial charge in [0.1, 0.15) is 17.7 Å². The summed E-state index contributed by atoms with van der Waals surface area (Å²) in [4.78, 5) is 16.0. The molecule has 2 rings (SSSR count). The third-order valence-electron chi connectivity index (χ3n) is 1.47. The van der Waals surface area contributed by atoms with E-state index in [9.17, 15) is 0 Å². The maximum absolute atomic E-state index is 4.10. The SMILES string of the molecule is CSc1ncnc2ncncc12. The standard InChI is InChI=1S/C7H6N4S/c1-12-7-5-2-8-3-9-6(5)10-4-11-7/h2-4H,1H3. The molecule has 0 unspecified atom stereocenters. The van der Waals surface area contributed by atoms with E-state index >= 15 is 0 Å². The number of nitrogens with zero attached hydrogens (tertiary/aromatic N) is 4. The average Bonchev–Trinajstić information content (AvgIpc) is 2.17. The molecule has 0 aromatic carbocycles. The Kier molecular flexibility index (Phi) is 1.87. The molecule has 0 atom stereocenters. The molecule has 0 amide bonds. The van der Waals surface area contributed by atoms with E-state index < -0.39 is 0 Å².